The van der Waals surface area contributed by atoms with Crippen molar-refractivity contribution in [3.63, 3.8) is 0 Å². The van der Waals surface area contributed by atoms with E-state index in [9.17, 15) is 14.4 Å². The second-order valence-electron chi connectivity index (χ2n) is 6.08. The maximum Gasteiger partial charge on any atom is 0.239 e. The summed E-state index contributed by atoms with van der Waals surface area (Å²) in [5, 5.41) is 5.11. The highest BCUT2D eigenvalue weighted by Gasteiger charge is 2.08. The molecule has 0 aliphatic carbocycles. The number of ether oxygens (including phenoxy) is 3. The van der Waals surface area contributed by atoms with Crippen molar-refractivity contribution in [1.29, 1.82) is 0 Å². The summed E-state index contributed by atoms with van der Waals surface area (Å²) < 4.78 is 15.7. The number of ketones is 1. The summed E-state index contributed by atoms with van der Waals surface area (Å²) in [6, 6.07) is 0. The number of rotatable bonds is 15. The smallest absolute Gasteiger partial charge is 0.239 e. The summed E-state index contributed by atoms with van der Waals surface area (Å²) in [7, 11) is 0. The minimum atomic E-state index is -0.307. The van der Waals surface area contributed by atoms with Crippen molar-refractivity contribution in [3.8, 4) is 0 Å². The van der Waals surface area contributed by atoms with Gasteiger partial charge in [-0.1, -0.05) is 27.7 Å². The Morgan fingerprint density at radius 3 is 2.07 bits per heavy atom. The van der Waals surface area contributed by atoms with Crippen LogP contribution >= 0.6 is 0 Å². The molecule has 0 unspecified atom stereocenters. The van der Waals surface area contributed by atoms with Gasteiger partial charge in [0.15, 0.2) is 5.78 Å². The maximum atomic E-state index is 11.5. The maximum absolute atomic E-state index is 11.5. The summed E-state index contributed by atoms with van der Waals surface area (Å²) in [5.74, 6) is -0.592. The Hall–Kier alpha value is -1.51. The lowest BCUT2D eigenvalue weighted by Gasteiger charge is -2.09. The first-order chi connectivity index (χ1) is 12.8. The minimum absolute atomic E-state index is 0.0246. The molecule has 0 atom stereocenters. The molecule has 0 aliphatic heterocycles. The largest absolute Gasteiger partial charge is 0.379 e. The molecule has 0 aromatic heterocycles. The third kappa shape index (κ3) is 20.7. The average Bonchev–Trinajstić information content (AvgIpc) is 2.63. The van der Waals surface area contributed by atoms with Crippen molar-refractivity contribution < 1.29 is 28.6 Å². The minimum Gasteiger partial charge on any atom is -0.379 e. The molecule has 2 N–H and O–H groups in total. The zero-order chi connectivity index (χ0) is 21.1. The van der Waals surface area contributed by atoms with E-state index in [1.807, 2.05) is 27.7 Å². The molecular weight excluding hydrogens is 352 g/mol. The van der Waals surface area contributed by atoms with Gasteiger partial charge in [0.1, 0.15) is 6.61 Å². The Labute approximate surface area is 163 Å². The van der Waals surface area contributed by atoms with Crippen LogP contribution in [0.15, 0.2) is 0 Å². The van der Waals surface area contributed by atoms with E-state index in [2.05, 4.69) is 10.6 Å². The molecular formula is C19H38N2O6. The Morgan fingerprint density at radius 1 is 0.815 bits per heavy atom. The van der Waals surface area contributed by atoms with Gasteiger partial charge in [-0.15, -0.1) is 0 Å². The van der Waals surface area contributed by atoms with Gasteiger partial charge < -0.3 is 24.8 Å². The van der Waals surface area contributed by atoms with Crippen molar-refractivity contribution in [2.75, 3.05) is 46.1 Å². The Balaban J connectivity index is 0. The Morgan fingerprint density at radius 2 is 1.48 bits per heavy atom. The SMILES string of the molecule is CC.CC(C)OCCOCCC(=O)NCC(=O)NCCOCC(=O)C(C)C. The van der Waals surface area contributed by atoms with Crippen molar-refractivity contribution in [2.24, 2.45) is 5.92 Å². The number of hydrogen-bond acceptors (Lipinski definition) is 6. The first-order valence-electron chi connectivity index (χ1n) is 9.66. The molecule has 2 amide bonds. The molecule has 0 aliphatic rings. The second-order valence-corrected chi connectivity index (χ2v) is 6.08. The molecule has 27 heavy (non-hydrogen) atoms. The van der Waals surface area contributed by atoms with E-state index < -0.39 is 0 Å². The number of amides is 2. The van der Waals surface area contributed by atoms with Crippen LogP contribution in [0.4, 0.5) is 0 Å². The topological polar surface area (TPSA) is 103 Å². The molecule has 0 heterocycles. The van der Waals surface area contributed by atoms with Crippen molar-refractivity contribution >= 4 is 17.6 Å². The number of carbonyl (C=O) groups is 3. The standard InChI is InChI=1S/C17H32N2O6.C2H6/c1-13(2)15(20)12-24-8-6-18-17(22)11-19-16(21)5-7-23-9-10-25-14(3)4;1-2/h13-14H,5-12H2,1-4H3,(H,18,22)(H,19,21);1-2H3. The number of hydrogen-bond donors (Lipinski definition) is 2. The third-order valence-electron chi connectivity index (χ3n) is 3.06. The van der Waals surface area contributed by atoms with Gasteiger partial charge in [0.25, 0.3) is 0 Å². The van der Waals surface area contributed by atoms with E-state index in [0.717, 1.165) is 0 Å². The van der Waals surface area contributed by atoms with E-state index in [-0.39, 0.29) is 62.4 Å². The van der Waals surface area contributed by atoms with Crippen LogP contribution in [0.2, 0.25) is 0 Å². The first-order valence-corrected chi connectivity index (χ1v) is 9.66. The summed E-state index contributed by atoms with van der Waals surface area (Å²) in [5.41, 5.74) is 0. The van der Waals surface area contributed by atoms with Crippen LogP contribution < -0.4 is 10.6 Å². The summed E-state index contributed by atoms with van der Waals surface area (Å²) in [4.78, 5) is 34.4. The quantitative estimate of drug-likeness (QED) is 0.409. The normalized spacial score (nSPS) is 10.4. The highest BCUT2D eigenvalue weighted by molar-refractivity contribution is 5.84. The van der Waals surface area contributed by atoms with Crippen molar-refractivity contribution in [3.05, 3.63) is 0 Å². The molecule has 0 fully saturated rings. The zero-order valence-corrected chi connectivity index (χ0v) is 17.8. The van der Waals surface area contributed by atoms with Crippen LogP contribution in [0.25, 0.3) is 0 Å². The predicted molar refractivity (Wildman–Crippen MR) is 105 cm³/mol. The molecule has 8 nitrogen and oxygen atoms in total. The number of nitrogens with one attached hydrogen (secondary N) is 2. The number of carbonyl (C=O) groups excluding carboxylic acids is 3. The molecule has 0 spiro atoms. The van der Waals surface area contributed by atoms with Gasteiger partial charge >= 0.3 is 0 Å². The van der Waals surface area contributed by atoms with Crippen molar-refractivity contribution in [2.45, 2.75) is 54.1 Å². The monoisotopic (exact) mass is 390 g/mol. The lowest BCUT2D eigenvalue weighted by molar-refractivity contribution is -0.127. The molecule has 0 saturated carbocycles. The van der Waals surface area contributed by atoms with E-state index in [1.54, 1.807) is 13.8 Å². The van der Waals surface area contributed by atoms with Crippen molar-refractivity contribution in [1.82, 2.24) is 10.6 Å². The second kappa shape index (κ2) is 19.3. The van der Waals surface area contributed by atoms with E-state index in [0.29, 0.717) is 19.8 Å². The van der Waals surface area contributed by atoms with Crippen LogP contribution in [0, 0.1) is 5.92 Å². The highest BCUT2D eigenvalue weighted by Crippen LogP contribution is 1.94. The summed E-state index contributed by atoms with van der Waals surface area (Å²) >= 11 is 0. The van der Waals surface area contributed by atoms with Gasteiger partial charge in [0.2, 0.25) is 11.8 Å². The average molecular weight is 391 g/mol. The fourth-order valence-electron chi connectivity index (χ4n) is 1.54. The fourth-order valence-corrected chi connectivity index (χ4v) is 1.54. The van der Waals surface area contributed by atoms with Crippen LogP contribution in [0.1, 0.15) is 48.0 Å². The lowest BCUT2D eigenvalue weighted by atomic mass is 10.1. The van der Waals surface area contributed by atoms with Crippen LogP contribution in [0.5, 0.6) is 0 Å². The van der Waals surface area contributed by atoms with Crippen LogP contribution in [-0.2, 0) is 28.6 Å². The molecule has 0 aromatic rings. The first kappa shape index (κ1) is 27.7. The van der Waals surface area contributed by atoms with Gasteiger partial charge in [-0.05, 0) is 13.8 Å². The van der Waals surface area contributed by atoms with Gasteiger partial charge in [-0.3, -0.25) is 14.4 Å². The van der Waals surface area contributed by atoms with E-state index in [4.69, 9.17) is 14.2 Å². The molecule has 0 aromatic carbocycles. The molecule has 8 heteroatoms. The molecule has 160 valence electrons. The fraction of sp³-hybridized carbons (Fsp3) is 0.842. The Bertz CT molecular complexity index is 400. The van der Waals surface area contributed by atoms with E-state index in [1.165, 1.54) is 0 Å². The van der Waals surface area contributed by atoms with E-state index >= 15 is 0 Å². The molecule has 0 saturated heterocycles. The van der Waals surface area contributed by atoms with Gasteiger partial charge in [0.05, 0.1) is 39.1 Å². The predicted octanol–water partition coefficient (Wildman–Crippen LogP) is 1.32. The summed E-state index contributed by atoms with van der Waals surface area (Å²) in [6.07, 6.45) is 0.349. The highest BCUT2D eigenvalue weighted by atomic mass is 16.5. The van der Waals surface area contributed by atoms with Gasteiger partial charge in [-0.2, -0.15) is 0 Å². The van der Waals surface area contributed by atoms with Crippen LogP contribution in [0.3, 0.4) is 0 Å². The van der Waals surface area contributed by atoms with Gasteiger partial charge in [-0.25, -0.2) is 0 Å². The number of Topliss-reactive ketones (excluding diaryl/α,β-unsaturated/α-hetero) is 1. The van der Waals surface area contributed by atoms with Gasteiger partial charge in [0, 0.05) is 18.9 Å². The Kier molecular flexibility index (Phi) is 19.8. The lowest BCUT2D eigenvalue weighted by Crippen LogP contribution is -2.38. The molecule has 0 rings (SSSR count). The van der Waals surface area contributed by atoms with Crippen LogP contribution in [-0.4, -0.2) is 69.8 Å². The molecule has 0 radical (unpaired) electrons. The summed E-state index contributed by atoms with van der Waals surface area (Å²) in [6.45, 7) is 13.2. The molecule has 0 bridgehead atoms. The third-order valence-corrected chi connectivity index (χ3v) is 3.06. The zero-order valence-electron chi connectivity index (χ0n) is 17.8.